The second kappa shape index (κ2) is 6.04. The van der Waals surface area contributed by atoms with Crippen molar-refractivity contribution in [2.75, 3.05) is 5.32 Å². The van der Waals surface area contributed by atoms with Crippen LogP contribution in [0, 0.1) is 23.0 Å². The summed E-state index contributed by atoms with van der Waals surface area (Å²) in [6.07, 6.45) is 5.94. The van der Waals surface area contributed by atoms with Gasteiger partial charge in [0.1, 0.15) is 5.69 Å². The van der Waals surface area contributed by atoms with E-state index in [2.05, 4.69) is 12.2 Å². The molecule has 0 spiro atoms. The maximum absolute atomic E-state index is 11.1. The van der Waals surface area contributed by atoms with Crippen LogP contribution in [0.4, 0.5) is 11.4 Å². The fourth-order valence-corrected chi connectivity index (χ4v) is 2.91. The minimum absolute atomic E-state index is 0.192. The van der Waals surface area contributed by atoms with Crippen LogP contribution in [0.1, 0.15) is 44.6 Å². The van der Waals surface area contributed by atoms with E-state index in [1.165, 1.54) is 19.3 Å². The predicted octanol–water partition coefficient (Wildman–Crippen LogP) is 4.28. The van der Waals surface area contributed by atoms with E-state index in [1.54, 1.807) is 12.1 Å². The molecule has 0 heterocycles. The number of rotatable bonds is 4. The number of aryl methyl sites for hydroxylation is 1. The van der Waals surface area contributed by atoms with Crippen LogP contribution in [0.25, 0.3) is 0 Å². The fourth-order valence-electron chi connectivity index (χ4n) is 2.91. The maximum atomic E-state index is 11.1. The Labute approximate surface area is 114 Å². The van der Waals surface area contributed by atoms with Gasteiger partial charge in [0.15, 0.2) is 0 Å². The molecule has 0 amide bonds. The van der Waals surface area contributed by atoms with Crippen molar-refractivity contribution in [2.45, 2.75) is 52.0 Å². The molecule has 4 heteroatoms. The van der Waals surface area contributed by atoms with E-state index >= 15 is 0 Å². The molecule has 1 fully saturated rings. The summed E-state index contributed by atoms with van der Waals surface area (Å²) in [6.45, 7) is 4.16. The third-order valence-electron chi connectivity index (χ3n) is 4.22. The Morgan fingerprint density at radius 1 is 1.32 bits per heavy atom. The van der Waals surface area contributed by atoms with E-state index in [1.807, 2.05) is 13.0 Å². The first kappa shape index (κ1) is 13.8. The zero-order valence-corrected chi connectivity index (χ0v) is 11.7. The van der Waals surface area contributed by atoms with Gasteiger partial charge in [-0.1, -0.05) is 25.5 Å². The lowest BCUT2D eigenvalue weighted by atomic mass is 9.84. The van der Waals surface area contributed by atoms with Gasteiger partial charge in [0.05, 0.1) is 4.92 Å². The third-order valence-corrected chi connectivity index (χ3v) is 4.22. The van der Waals surface area contributed by atoms with Crippen LogP contribution in [-0.4, -0.2) is 11.0 Å². The number of nitrogens with zero attached hydrogens (tertiary/aromatic N) is 1. The summed E-state index contributed by atoms with van der Waals surface area (Å²) in [7, 11) is 0. The summed E-state index contributed by atoms with van der Waals surface area (Å²) in [5.74, 6) is 0.838. The number of nitro groups is 1. The average Bonchev–Trinajstić information content (AvgIpc) is 2.41. The van der Waals surface area contributed by atoms with E-state index in [-0.39, 0.29) is 10.6 Å². The molecule has 4 nitrogen and oxygen atoms in total. The molecule has 19 heavy (non-hydrogen) atoms. The highest BCUT2D eigenvalue weighted by Crippen LogP contribution is 2.33. The molecule has 0 radical (unpaired) electrons. The Kier molecular flexibility index (Phi) is 4.40. The van der Waals surface area contributed by atoms with Crippen LogP contribution < -0.4 is 5.32 Å². The lowest BCUT2D eigenvalue weighted by molar-refractivity contribution is -0.384. The molecule has 1 aromatic carbocycles. The number of nitro benzene ring substituents is 1. The third kappa shape index (κ3) is 3.25. The second-order valence-electron chi connectivity index (χ2n) is 5.50. The van der Waals surface area contributed by atoms with Gasteiger partial charge in [-0.25, -0.2) is 0 Å². The largest absolute Gasteiger partial charge is 0.377 e. The molecule has 104 valence electrons. The molecule has 0 unspecified atom stereocenters. The highest BCUT2D eigenvalue weighted by atomic mass is 16.6. The SMILES string of the molecule is CCC1CCC(Nc2c(C)cccc2[N+](=O)[O-])CC1. The molecule has 1 aliphatic carbocycles. The Balaban J connectivity index is 2.09. The standard InChI is InChI=1S/C15H22N2O2/c1-3-12-7-9-13(10-8-12)16-15-11(2)5-4-6-14(15)17(18)19/h4-6,12-13,16H,3,7-10H2,1-2H3. The Morgan fingerprint density at radius 3 is 2.58 bits per heavy atom. The van der Waals surface area contributed by atoms with Crippen molar-refractivity contribution in [1.82, 2.24) is 0 Å². The lowest BCUT2D eigenvalue weighted by Crippen LogP contribution is -2.26. The topological polar surface area (TPSA) is 55.2 Å². The van der Waals surface area contributed by atoms with Gasteiger partial charge in [-0.15, -0.1) is 0 Å². The Hall–Kier alpha value is -1.58. The highest BCUT2D eigenvalue weighted by molar-refractivity contribution is 5.66. The smallest absolute Gasteiger partial charge is 0.292 e. The van der Waals surface area contributed by atoms with Crippen LogP contribution in [0.2, 0.25) is 0 Å². The number of nitrogens with one attached hydrogen (secondary N) is 1. The quantitative estimate of drug-likeness (QED) is 0.650. The van der Waals surface area contributed by atoms with E-state index in [0.29, 0.717) is 11.7 Å². The number of hydrogen-bond donors (Lipinski definition) is 1. The van der Waals surface area contributed by atoms with E-state index in [0.717, 1.165) is 24.3 Å². The molecule has 0 aliphatic heterocycles. The highest BCUT2D eigenvalue weighted by Gasteiger charge is 2.23. The van der Waals surface area contributed by atoms with Gasteiger partial charge in [0.2, 0.25) is 0 Å². The summed E-state index contributed by atoms with van der Waals surface area (Å²) < 4.78 is 0. The van der Waals surface area contributed by atoms with Crippen molar-refractivity contribution in [3.8, 4) is 0 Å². The predicted molar refractivity (Wildman–Crippen MR) is 77.5 cm³/mol. The minimum Gasteiger partial charge on any atom is -0.377 e. The molecule has 1 aromatic rings. The normalized spacial score (nSPS) is 23.1. The van der Waals surface area contributed by atoms with Crippen molar-refractivity contribution < 1.29 is 4.92 Å². The number of benzene rings is 1. The van der Waals surface area contributed by atoms with Crippen molar-refractivity contribution in [1.29, 1.82) is 0 Å². The van der Waals surface area contributed by atoms with E-state index in [9.17, 15) is 10.1 Å². The molecular formula is C15H22N2O2. The molecule has 0 aromatic heterocycles. The number of hydrogen-bond acceptors (Lipinski definition) is 3. The maximum Gasteiger partial charge on any atom is 0.292 e. The zero-order valence-electron chi connectivity index (χ0n) is 11.7. The van der Waals surface area contributed by atoms with Gasteiger partial charge >= 0.3 is 0 Å². The fraction of sp³-hybridized carbons (Fsp3) is 0.600. The van der Waals surface area contributed by atoms with Crippen LogP contribution in [0.15, 0.2) is 18.2 Å². The monoisotopic (exact) mass is 262 g/mol. The van der Waals surface area contributed by atoms with Gasteiger partial charge in [-0.05, 0) is 44.1 Å². The van der Waals surface area contributed by atoms with Crippen molar-refractivity contribution in [3.63, 3.8) is 0 Å². The van der Waals surface area contributed by atoms with Gasteiger partial charge in [-0.2, -0.15) is 0 Å². The minimum atomic E-state index is -0.299. The number of anilines is 1. The van der Waals surface area contributed by atoms with Crippen LogP contribution in [-0.2, 0) is 0 Å². The van der Waals surface area contributed by atoms with Crippen molar-refractivity contribution in [3.05, 3.63) is 33.9 Å². The van der Waals surface area contributed by atoms with Gasteiger partial charge in [0, 0.05) is 12.1 Å². The Morgan fingerprint density at radius 2 is 2.00 bits per heavy atom. The summed E-state index contributed by atoms with van der Waals surface area (Å²) in [5, 5.41) is 14.5. The van der Waals surface area contributed by atoms with Gasteiger partial charge in [0.25, 0.3) is 5.69 Å². The number of para-hydroxylation sites is 1. The molecule has 0 bridgehead atoms. The Bertz CT molecular complexity index is 451. The van der Waals surface area contributed by atoms with Crippen molar-refractivity contribution >= 4 is 11.4 Å². The first-order chi connectivity index (χ1) is 9.11. The summed E-state index contributed by atoms with van der Waals surface area (Å²) in [6, 6.07) is 5.62. The first-order valence-electron chi connectivity index (χ1n) is 7.12. The molecule has 2 rings (SSSR count). The van der Waals surface area contributed by atoms with Crippen LogP contribution in [0.3, 0.4) is 0 Å². The first-order valence-corrected chi connectivity index (χ1v) is 7.12. The molecule has 1 aliphatic rings. The van der Waals surface area contributed by atoms with E-state index < -0.39 is 0 Å². The van der Waals surface area contributed by atoms with Crippen LogP contribution >= 0.6 is 0 Å². The molecule has 1 saturated carbocycles. The molecule has 0 saturated heterocycles. The lowest BCUT2D eigenvalue weighted by Gasteiger charge is -2.29. The van der Waals surface area contributed by atoms with Crippen molar-refractivity contribution in [2.24, 2.45) is 5.92 Å². The van der Waals surface area contributed by atoms with Crippen LogP contribution in [0.5, 0.6) is 0 Å². The van der Waals surface area contributed by atoms with E-state index in [4.69, 9.17) is 0 Å². The van der Waals surface area contributed by atoms with Gasteiger partial charge < -0.3 is 5.32 Å². The average molecular weight is 262 g/mol. The summed E-state index contributed by atoms with van der Waals surface area (Å²) in [4.78, 5) is 10.8. The van der Waals surface area contributed by atoms with Gasteiger partial charge in [-0.3, -0.25) is 10.1 Å². The molecule has 0 atom stereocenters. The second-order valence-corrected chi connectivity index (χ2v) is 5.50. The molecule has 1 N–H and O–H groups in total. The summed E-state index contributed by atoms with van der Waals surface area (Å²) >= 11 is 0. The summed E-state index contributed by atoms with van der Waals surface area (Å²) in [5.41, 5.74) is 1.84. The molecular weight excluding hydrogens is 240 g/mol. The zero-order chi connectivity index (χ0) is 13.8.